The van der Waals surface area contributed by atoms with E-state index >= 15 is 0 Å². The van der Waals surface area contributed by atoms with E-state index in [1.807, 2.05) is 32.0 Å². The second-order valence-electron chi connectivity index (χ2n) is 6.20. The van der Waals surface area contributed by atoms with Crippen molar-refractivity contribution >= 4 is 21.6 Å². The van der Waals surface area contributed by atoms with Gasteiger partial charge in [-0.25, -0.2) is 8.42 Å². The van der Waals surface area contributed by atoms with Crippen LogP contribution in [0.3, 0.4) is 0 Å². The Morgan fingerprint density at radius 1 is 1.42 bits per heavy atom. The van der Waals surface area contributed by atoms with E-state index in [4.69, 9.17) is 4.74 Å². The maximum Gasteiger partial charge on any atom is 0.239 e. The maximum absolute atomic E-state index is 12.4. The van der Waals surface area contributed by atoms with Gasteiger partial charge in [0.25, 0.3) is 0 Å². The Hall–Kier alpha value is -1.44. The van der Waals surface area contributed by atoms with Gasteiger partial charge in [0.15, 0.2) is 0 Å². The van der Waals surface area contributed by atoms with E-state index in [-0.39, 0.29) is 25.1 Å². The summed E-state index contributed by atoms with van der Waals surface area (Å²) in [6.45, 7) is 4.62. The number of aryl methyl sites for hydroxylation is 2. The van der Waals surface area contributed by atoms with E-state index in [9.17, 15) is 13.2 Å². The monoisotopic (exact) mass is 354 g/mol. The van der Waals surface area contributed by atoms with Crippen molar-refractivity contribution in [2.45, 2.75) is 39.2 Å². The fourth-order valence-corrected chi connectivity index (χ4v) is 3.66. The molecule has 0 aromatic heterocycles. The lowest BCUT2D eigenvalue weighted by atomic mass is 10.1. The van der Waals surface area contributed by atoms with Crippen molar-refractivity contribution in [1.82, 2.24) is 4.31 Å². The number of anilines is 1. The summed E-state index contributed by atoms with van der Waals surface area (Å²) < 4.78 is 30.7. The molecule has 1 aromatic carbocycles. The van der Waals surface area contributed by atoms with E-state index in [2.05, 4.69) is 5.32 Å². The molecule has 1 aromatic rings. The van der Waals surface area contributed by atoms with Gasteiger partial charge in [0.2, 0.25) is 15.9 Å². The number of para-hydroxylation sites is 1. The smallest absolute Gasteiger partial charge is 0.239 e. The Balaban J connectivity index is 2.08. The van der Waals surface area contributed by atoms with Crippen molar-refractivity contribution in [2.24, 2.45) is 0 Å². The average molecular weight is 354 g/mol. The van der Waals surface area contributed by atoms with Gasteiger partial charge in [-0.05, 0) is 37.3 Å². The van der Waals surface area contributed by atoms with Crippen molar-refractivity contribution in [3.05, 3.63) is 29.3 Å². The van der Waals surface area contributed by atoms with Gasteiger partial charge in [0.05, 0.1) is 18.9 Å². The molecule has 1 aliphatic heterocycles. The number of rotatable bonds is 7. The van der Waals surface area contributed by atoms with Crippen molar-refractivity contribution in [3.63, 3.8) is 0 Å². The first-order valence-electron chi connectivity index (χ1n) is 8.26. The topological polar surface area (TPSA) is 75.7 Å². The van der Waals surface area contributed by atoms with Crippen LogP contribution in [0.5, 0.6) is 0 Å². The van der Waals surface area contributed by atoms with Crippen molar-refractivity contribution in [1.29, 1.82) is 0 Å². The van der Waals surface area contributed by atoms with E-state index < -0.39 is 10.0 Å². The fourth-order valence-electron chi connectivity index (χ4n) is 2.87. The van der Waals surface area contributed by atoms with Crippen LogP contribution in [0.2, 0.25) is 0 Å². The largest absolute Gasteiger partial charge is 0.377 e. The molecule has 1 heterocycles. The number of hydrogen-bond acceptors (Lipinski definition) is 4. The van der Waals surface area contributed by atoms with Crippen molar-refractivity contribution in [2.75, 3.05) is 31.3 Å². The number of amides is 1. The molecule has 6 nitrogen and oxygen atoms in total. The third-order valence-electron chi connectivity index (χ3n) is 4.22. The molecule has 24 heavy (non-hydrogen) atoms. The first kappa shape index (κ1) is 18.9. The standard InChI is InChI=1S/C17H26N2O4S/c1-4-14-8-5-7-13(2)17(14)18-16(20)12-19(24(3,21)22)11-15-9-6-10-23-15/h5,7-8,15H,4,6,9-12H2,1-3H3,(H,18,20). The minimum Gasteiger partial charge on any atom is -0.377 e. The summed E-state index contributed by atoms with van der Waals surface area (Å²) in [6.07, 6.45) is 3.55. The number of nitrogens with zero attached hydrogens (tertiary/aromatic N) is 1. The number of nitrogens with one attached hydrogen (secondary N) is 1. The van der Waals surface area contributed by atoms with Crippen molar-refractivity contribution < 1.29 is 17.9 Å². The van der Waals surface area contributed by atoms with Gasteiger partial charge in [-0.2, -0.15) is 4.31 Å². The number of hydrogen-bond donors (Lipinski definition) is 1. The molecule has 0 radical (unpaired) electrons. The number of benzene rings is 1. The van der Waals surface area contributed by atoms with Crippen LogP contribution in [0.25, 0.3) is 0 Å². The Bertz CT molecular complexity index is 682. The minimum atomic E-state index is -3.47. The summed E-state index contributed by atoms with van der Waals surface area (Å²) in [5.41, 5.74) is 2.77. The number of ether oxygens (including phenoxy) is 1. The first-order valence-corrected chi connectivity index (χ1v) is 10.1. The summed E-state index contributed by atoms with van der Waals surface area (Å²) in [7, 11) is -3.47. The molecule has 1 aliphatic rings. The highest BCUT2D eigenvalue weighted by Crippen LogP contribution is 2.21. The quantitative estimate of drug-likeness (QED) is 0.812. The zero-order chi connectivity index (χ0) is 17.7. The summed E-state index contributed by atoms with van der Waals surface area (Å²) in [5, 5.41) is 2.87. The van der Waals surface area contributed by atoms with E-state index in [0.29, 0.717) is 6.61 Å². The van der Waals surface area contributed by atoms with Crippen LogP contribution < -0.4 is 5.32 Å². The van der Waals surface area contributed by atoms with Gasteiger partial charge in [-0.1, -0.05) is 25.1 Å². The van der Waals surface area contributed by atoms with Crippen LogP contribution in [-0.2, 0) is 26.0 Å². The van der Waals surface area contributed by atoms with Crippen LogP contribution in [0.15, 0.2) is 18.2 Å². The Labute approximate surface area is 144 Å². The van der Waals surface area contributed by atoms with Crippen molar-refractivity contribution in [3.8, 4) is 0 Å². The van der Waals surface area contributed by atoms with Gasteiger partial charge in [-0.15, -0.1) is 0 Å². The van der Waals surface area contributed by atoms with Gasteiger partial charge >= 0.3 is 0 Å². The van der Waals surface area contributed by atoms with Crippen LogP contribution >= 0.6 is 0 Å². The lowest BCUT2D eigenvalue weighted by molar-refractivity contribution is -0.116. The molecule has 1 unspecified atom stereocenters. The van der Waals surface area contributed by atoms with E-state index in [1.54, 1.807) is 0 Å². The van der Waals surface area contributed by atoms with Crippen LogP contribution in [0.4, 0.5) is 5.69 Å². The molecule has 7 heteroatoms. The molecule has 0 spiro atoms. The summed E-state index contributed by atoms with van der Waals surface area (Å²) in [6, 6.07) is 5.84. The van der Waals surface area contributed by atoms with Crippen LogP contribution in [0, 0.1) is 6.92 Å². The second kappa shape index (κ2) is 8.09. The maximum atomic E-state index is 12.4. The average Bonchev–Trinajstić information content (AvgIpc) is 3.01. The lowest BCUT2D eigenvalue weighted by Crippen LogP contribution is -2.41. The third-order valence-corrected chi connectivity index (χ3v) is 5.44. The normalized spacial score (nSPS) is 18.1. The number of carbonyl (C=O) groups excluding carboxylic acids is 1. The van der Waals surface area contributed by atoms with Crippen LogP contribution in [0.1, 0.15) is 30.9 Å². The van der Waals surface area contributed by atoms with Gasteiger partial charge in [0.1, 0.15) is 0 Å². The molecule has 0 saturated carbocycles. The Kier molecular flexibility index (Phi) is 6.37. The minimum absolute atomic E-state index is 0.128. The predicted molar refractivity (Wildman–Crippen MR) is 94.6 cm³/mol. The third kappa shape index (κ3) is 5.03. The summed E-state index contributed by atoms with van der Waals surface area (Å²) in [5.74, 6) is -0.331. The SMILES string of the molecule is CCc1cccc(C)c1NC(=O)CN(CC1CCCO1)S(C)(=O)=O. The molecular weight excluding hydrogens is 328 g/mol. The highest BCUT2D eigenvalue weighted by molar-refractivity contribution is 7.88. The number of carbonyl (C=O) groups is 1. The van der Waals surface area contributed by atoms with E-state index in [1.165, 1.54) is 4.31 Å². The molecule has 134 valence electrons. The lowest BCUT2D eigenvalue weighted by Gasteiger charge is -2.23. The van der Waals surface area contributed by atoms with Gasteiger partial charge in [-0.3, -0.25) is 4.79 Å². The zero-order valence-electron chi connectivity index (χ0n) is 14.5. The molecule has 1 amide bonds. The molecular formula is C17H26N2O4S. The number of sulfonamides is 1. The zero-order valence-corrected chi connectivity index (χ0v) is 15.4. The summed E-state index contributed by atoms with van der Waals surface area (Å²) >= 11 is 0. The second-order valence-corrected chi connectivity index (χ2v) is 8.18. The highest BCUT2D eigenvalue weighted by atomic mass is 32.2. The fraction of sp³-hybridized carbons (Fsp3) is 0.588. The van der Waals surface area contributed by atoms with Gasteiger partial charge in [0, 0.05) is 18.8 Å². The summed E-state index contributed by atoms with van der Waals surface area (Å²) in [4.78, 5) is 12.4. The van der Waals surface area contributed by atoms with Crippen LogP contribution in [-0.4, -0.2) is 50.7 Å². The van der Waals surface area contributed by atoms with E-state index in [0.717, 1.165) is 42.3 Å². The van der Waals surface area contributed by atoms with Gasteiger partial charge < -0.3 is 10.1 Å². The Morgan fingerprint density at radius 3 is 2.75 bits per heavy atom. The molecule has 1 atom stereocenters. The Morgan fingerprint density at radius 2 is 2.17 bits per heavy atom. The molecule has 0 aliphatic carbocycles. The first-order chi connectivity index (χ1) is 11.3. The molecule has 1 fully saturated rings. The molecule has 0 bridgehead atoms. The molecule has 2 rings (SSSR count). The molecule has 1 N–H and O–H groups in total. The molecule has 1 saturated heterocycles. The predicted octanol–water partition coefficient (Wildman–Crippen LogP) is 1.94. The highest BCUT2D eigenvalue weighted by Gasteiger charge is 2.26.